The molecule has 0 saturated heterocycles. The lowest BCUT2D eigenvalue weighted by Gasteiger charge is -2.25. The van der Waals surface area contributed by atoms with Crippen LogP contribution in [0.5, 0.6) is 11.5 Å². The second kappa shape index (κ2) is 10.7. The van der Waals surface area contributed by atoms with E-state index in [0.29, 0.717) is 17.9 Å². The van der Waals surface area contributed by atoms with Crippen LogP contribution in [0.25, 0.3) is 0 Å². The number of hydrogen-bond donors (Lipinski definition) is 2. The summed E-state index contributed by atoms with van der Waals surface area (Å²) in [4.78, 5) is 0. The Kier molecular flexibility index (Phi) is 8.18. The minimum atomic E-state index is -5.87. The highest BCUT2D eigenvalue weighted by atomic mass is 19.4. The van der Waals surface area contributed by atoms with Crippen LogP contribution >= 0.6 is 0 Å². The molecule has 1 unspecified atom stereocenters. The normalized spacial score (nSPS) is 14.4. The monoisotopic (exact) mass is 533 g/mol. The number of benzene rings is 3. The minimum absolute atomic E-state index is 0.167. The molecule has 11 heteroatoms. The standard InChI is InChI=1S/C26H23F8NO2/c1-15-9-16(2)11-21(10-15)37-20-8-4-6-18(13-20)23(35-14-22(36)25(29,30)31)17-5-3-7-19(12-17)24(27,28)26(32,33)34/h3-13,22-23,35-36H,14H2,1-2H3/t22-,23?/m1/s1. The van der Waals surface area contributed by atoms with Gasteiger partial charge in [-0.1, -0.05) is 36.4 Å². The van der Waals surface area contributed by atoms with Crippen LogP contribution < -0.4 is 10.1 Å². The van der Waals surface area contributed by atoms with Crippen molar-refractivity contribution in [3.05, 3.63) is 94.5 Å². The fourth-order valence-corrected chi connectivity index (χ4v) is 3.74. The van der Waals surface area contributed by atoms with Crippen molar-refractivity contribution in [2.75, 3.05) is 6.54 Å². The summed E-state index contributed by atoms with van der Waals surface area (Å²) in [6, 6.07) is 13.3. The third-order valence-corrected chi connectivity index (χ3v) is 5.45. The summed E-state index contributed by atoms with van der Waals surface area (Å²) in [5, 5.41) is 11.9. The van der Waals surface area contributed by atoms with Crippen LogP contribution in [0.3, 0.4) is 0 Å². The zero-order chi connectivity index (χ0) is 27.6. The molecule has 3 aromatic rings. The van der Waals surface area contributed by atoms with E-state index in [9.17, 15) is 40.2 Å². The summed E-state index contributed by atoms with van der Waals surface area (Å²) in [5.41, 5.74) is 0.495. The zero-order valence-electron chi connectivity index (χ0n) is 19.6. The summed E-state index contributed by atoms with van der Waals surface area (Å²) >= 11 is 0. The van der Waals surface area contributed by atoms with E-state index in [-0.39, 0.29) is 16.9 Å². The Bertz CT molecular complexity index is 1200. The van der Waals surface area contributed by atoms with Gasteiger partial charge in [0.2, 0.25) is 0 Å². The van der Waals surface area contributed by atoms with E-state index in [1.807, 2.05) is 19.9 Å². The van der Waals surface area contributed by atoms with E-state index >= 15 is 0 Å². The first-order valence-corrected chi connectivity index (χ1v) is 11.0. The van der Waals surface area contributed by atoms with Crippen molar-refractivity contribution >= 4 is 0 Å². The second-order valence-corrected chi connectivity index (χ2v) is 8.59. The molecule has 0 fully saturated rings. The molecule has 3 nitrogen and oxygen atoms in total. The number of alkyl halides is 8. The molecule has 0 amide bonds. The van der Waals surface area contributed by atoms with Crippen LogP contribution in [0.1, 0.15) is 33.9 Å². The molecule has 0 aliphatic carbocycles. The van der Waals surface area contributed by atoms with Gasteiger partial charge in [0.25, 0.3) is 0 Å². The Hall–Kier alpha value is -3.18. The first-order valence-electron chi connectivity index (χ1n) is 11.0. The number of hydrogen-bond acceptors (Lipinski definition) is 3. The van der Waals surface area contributed by atoms with Crippen LogP contribution in [-0.4, -0.2) is 30.1 Å². The van der Waals surface area contributed by atoms with Gasteiger partial charge in [-0.15, -0.1) is 0 Å². The molecule has 0 aliphatic rings. The molecule has 0 radical (unpaired) electrons. The summed E-state index contributed by atoms with van der Waals surface area (Å²) in [6.07, 6.45) is -13.7. The number of halogens is 8. The average molecular weight is 533 g/mol. The van der Waals surface area contributed by atoms with Crippen molar-refractivity contribution in [1.29, 1.82) is 0 Å². The Balaban J connectivity index is 2.01. The Morgan fingerprint density at radius 3 is 1.89 bits per heavy atom. The van der Waals surface area contributed by atoms with Crippen LogP contribution in [-0.2, 0) is 5.92 Å². The maximum absolute atomic E-state index is 14.0. The van der Waals surface area contributed by atoms with Gasteiger partial charge >= 0.3 is 18.3 Å². The zero-order valence-corrected chi connectivity index (χ0v) is 19.6. The largest absolute Gasteiger partial charge is 0.458 e. The Labute approximate surface area is 207 Å². The molecule has 2 N–H and O–H groups in total. The van der Waals surface area contributed by atoms with E-state index in [4.69, 9.17) is 4.74 Å². The number of aryl methyl sites for hydroxylation is 2. The topological polar surface area (TPSA) is 41.5 Å². The lowest BCUT2D eigenvalue weighted by molar-refractivity contribution is -0.289. The lowest BCUT2D eigenvalue weighted by atomic mass is 9.95. The molecule has 0 aromatic heterocycles. The number of ether oxygens (including phenoxy) is 1. The lowest BCUT2D eigenvalue weighted by Crippen LogP contribution is -2.40. The Morgan fingerprint density at radius 2 is 1.32 bits per heavy atom. The second-order valence-electron chi connectivity index (χ2n) is 8.59. The van der Waals surface area contributed by atoms with Gasteiger partial charge in [-0.25, -0.2) is 0 Å². The highest BCUT2D eigenvalue weighted by molar-refractivity contribution is 5.42. The van der Waals surface area contributed by atoms with Gasteiger partial charge in [0.1, 0.15) is 11.5 Å². The van der Waals surface area contributed by atoms with E-state index < -0.39 is 42.5 Å². The molecule has 3 aromatic carbocycles. The first-order chi connectivity index (χ1) is 17.1. The molecule has 0 saturated carbocycles. The van der Waals surface area contributed by atoms with Gasteiger partial charge in [0.15, 0.2) is 6.10 Å². The number of nitrogens with one attached hydrogen (secondary N) is 1. The van der Waals surface area contributed by atoms with E-state index in [2.05, 4.69) is 5.32 Å². The minimum Gasteiger partial charge on any atom is -0.457 e. The van der Waals surface area contributed by atoms with Crippen LogP contribution in [0, 0.1) is 13.8 Å². The van der Waals surface area contributed by atoms with E-state index in [1.54, 1.807) is 18.2 Å². The van der Waals surface area contributed by atoms with Crippen molar-refractivity contribution in [2.45, 2.75) is 44.3 Å². The SMILES string of the molecule is Cc1cc(C)cc(Oc2cccc(C(NC[C@@H](O)C(F)(F)F)c3cccc(C(F)(F)C(F)(F)F)c3)c2)c1. The van der Waals surface area contributed by atoms with Crippen LogP contribution in [0.4, 0.5) is 35.1 Å². The maximum Gasteiger partial charge on any atom is 0.458 e. The van der Waals surface area contributed by atoms with E-state index in [0.717, 1.165) is 17.2 Å². The number of aliphatic hydroxyl groups excluding tert-OH is 1. The van der Waals surface area contributed by atoms with E-state index in [1.165, 1.54) is 24.3 Å². The quantitative estimate of drug-likeness (QED) is 0.298. The van der Waals surface area contributed by atoms with Gasteiger partial charge in [-0.2, -0.15) is 35.1 Å². The van der Waals surface area contributed by atoms with Gasteiger partial charge in [0.05, 0.1) is 6.04 Å². The molecule has 0 aliphatic heterocycles. The summed E-state index contributed by atoms with van der Waals surface area (Å²) in [5.74, 6) is -4.46. The predicted molar refractivity (Wildman–Crippen MR) is 121 cm³/mol. The summed E-state index contributed by atoms with van der Waals surface area (Å²) in [6.45, 7) is 2.66. The first kappa shape index (κ1) is 28.4. The van der Waals surface area contributed by atoms with Crippen LogP contribution in [0.2, 0.25) is 0 Å². The third kappa shape index (κ3) is 6.98. The molecule has 0 spiro atoms. The highest BCUT2D eigenvalue weighted by Crippen LogP contribution is 2.44. The van der Waals surface area contributed by atoms with Crippen molar-refractivity contribution in [3.63, 3.8) is 0 Å². The molecule has 200 valence electrons. The smallest absolute Gasteiger partial charge is 0.457 e. The molecule has 0 heterocycles. The molecular formula is C26H23F8NO2. The van der Waals surface area contributed by atoms with Crippen molar-refractivity contribution in [3.8, 4) is 11.5 Å². The van der Waals surface area contributed by atoms with Gasteiger partial charge < -0.3 is 15.2 Å². The van der Waals surface area contributed by atoms with Crippen molar-refractivity contribution in [2.24, 2.45) is 0 Å². The third-order valence-electron chi connectivity index (χ3n) is 5.45. The van der Waals surface area contributed by atoms with Gasteiger partial charge in [-0.3, -0.25) is 0 Å². The fourth-order valence-electron chi connectivity index (χ4n) is 3.74. The molecule has 0 bridgehead atoms. The molecular weight excluding hydrogens is 510 g/mol. The van der Waals surface area contributed by atoms with Gasteiger partial charge in [-0.05, 0) is 66.4 Å². The molecule has 3 rings (SSSR count). The summed E-state index contributed by atoms with van der Waals surface area (Å²) in [7, 11) is 0. The number of aliphatic hydroxyl groups is 1. The van der Waals surface area contributed by atoms with Gasteiger partial charge in [0, 0.05) is 12.1 Å². The Morgan fingerprint density at radius 1 is 0.757 bits per heavy atom. The summed E-state index contributed by atoms with van der Waals surface area (Å²) < 4.78 is 111. The maximum atomic E-state index is 14.0. The number of rotatable bonds is 8. The van der Waals surface area contributed by atoms with Crippen molar-refractivity contribution in [1.82, 2.24) is 5.32 Å². The van der Waals surface area contributed by atoms with Crippen molar-refractivity contribution < 1.29 is 45.0 Å². The highest BCUT2D eigenvalue weighted by Gasteiger charge is 2.58. The average Bonchev–Trinajstić information content (AvgIpc) is 2.77. The molecule has 37 heavy (non-hydrogen) atoms. The molecule has 2 atom stereocenters. The van der Waals surface area contributed by atoms with Crippen LogP contribution in [0.15, 0.2) is 66.7 Å². The fraction of sp³-hybridized carbons (Fsp3) is 0.308. The predicted octanol–water partition coefficient (Wildman–Crippen LogP) is 7.35.